The van der Waals surface area contributed by atoms with Gasteiger partial charge in [0, 0.05) is 6.54 Å². The summed E-state index contributed by atoms with van der Waals surface area (Å²) in [5.41, 5.74) is 0.574. The maximum Gasteiger partial charge on any atom is 0.323 e. The number of primary sulfonamides is 1. The number of carbonyl (C=O) groups is 2. The third kappa shape index (κ3) is 4.54. The number of nitrogens with zero attached hydrogens (tertiary/aromatic N) is 1. The van der Waals surface area contributed by atoms with E-state index in [2.05, 4.69) is 0 Å². The lowest BCUT2D eigenvalue weighted by molar-refractivity contribution is -0.137. The van der Waals surface area contributed by atoms with Crippen LogP contribution < -0.4 is 5.14 Å². The van der Waals surface area contributed by atoms with Crippen LogP contribution in [0.25, 0.3) is 0 Å². The molecular weight excluding hydrogens is 296 g/mol. The maximum absolute atomic E-state index is 12.4. The fourth-order valence-corrected chi connectivity index (χ4v) is 2.63. The molecule has 0 atom stereocenters. The van der Waals surface area contributed by atoms with Crippen molar-refractivity contribution in [3.8, 4) is 0 Å². The summed E-state index contributed by atoms with van der Waals surface area (Å²) in [5, 5.41) is 14.0. The molecule has 21 heavy (non-hydrogen) atoms. The van der Waals surface area contributed by atoms with Crippen molar-refractivity contribution in [3.63, 3.8) is 0 Å². The number of hydrogen-bond acceptors (Lipinski definition) is 4. The minimum Gasteiger partial charge on any atom is -0.480 e. The van der Waals surface area contributed by atoms with E-state index in [1.54, 1.807) is 13.8 Å². The minimum absolute atomic E-state index is 0.104. The quantitative estimate of drug-likeness (QED) is 0.796. The predicted molar refractivity (Wildman–Crippen MR) is 76.4 cm³/mol. The first-order valence-corrected chi connectivity index (χ1v) is 7.86. The average molecular weight is 314 g/mol. The van der Waals surface area contributed by atoms with E-state index in [-0.39, 0.29) is 17.0 Å². The maximum atomic E-state index is 12.4. The number of aryl methyl sites for hydroxylation is 1. The molecule has 0 saturated heterocycles. The monoisotopic (exact) mass is 314 g/mol. The minimum atomic E-state index is -4.07. The number of aliphatic carboxylic acids is 1. The number of nitrogens with two attached hydrogens (primary N) is 1. The molecule has 0 aliphatic heterocycles. The number of rotatable bonds is 6. The number of benzene rings is 1. The standard InChI is InChI=1S/C13H18N2O5S/c1-3-6-15(8-12(16)17)13(18)10-7-9(2)4-5-11(10)21(14,19)20/h4-5,7H,3,6,8H2,1-2H3,(H,16,17)(H2,14,19,20). The van der Waals surface area contributed by atoms with Gasteiger partial charge < -0.3 is 10.0 Å². The highest BCUT2D eigenvalue weighted by Gasteiger charge is 2.24. The molecule has 0 fully saturated rings. The molecule has 3 N–H and O–H groups in total. The van der Waals surface area contributed by atoms with Crippen LogP contribution in [0.1, 0.15) is 29.3 Å². The predicted octanol–water partition coefficient (Wildman–Crippen LogP) is 0.579. The molecule has 0 saturated carbocycles. The Bertz CT molecular complexity index is 655. The number of carboxylic acid groups (broad SMARTS) is 1. The largest absolute Gasteiger partial charge is 0.480 e. The van der Waals surface area contributed by atoms with Gasteiger partial charge in [-0.05, 0) is 25.5 Å². The van der Waals surface area contributed by atoms with Crippen LogP contribution in [0, 0.1) is 6.92 Å². The highest BCUT2D eigenvalue weighted by molar-refractivity contribution is 7.89. The van der Waals surface area contributed by atoms with E-state index in [1.165, 1.54) is 18.2 Å². The third-order valence-electron chi connectivity index (χ3n) is 2.78. The second kappa shape index (κ2) is 6.68. The Balaban J connectivity index is 3.32. The molecule has 0 heterocycles. The summed E-state index contributed by atoms with van der Waals surface area (Å²) in [5.74, 6) is -1.83. The van der Waals surface area contributed by atoms with Gasteiger partial charge in [0.05, 0.1) is 10.5 Å². The summed E-state index contributed by atoms with van der Waals surface area (Å²) in [6.45, 7) is 3.21. The first kappa shape index (κ1) is 17.1. The molecule has 1 amide bonds. The van der Waals surface area contributed by atoms with Crippen LogP contribution in [-0.2, 0) is 14.8 Å². The molecule has 0 bridgehead atoms. The van der Waals surface area contributed by atoms with Crippen LogP contribution in [-0.4, -0.2) is 43.4 Å². The summed E-state index contributed by atoms with van der Waals surface area (Å²) < 4.78 is 23.1. The molecule has 1 rings (SSSR count). The summed E-state index contributed by atoms with van der Waals surface area (Å²) in [6, 6.07) is 4.17. The molecule has 0 aliphatic carbocycles. The second-order valence-electron chi connectivity index (χ2n) is 4.67. The Morgan fingerprint density at radius 2 is 1.95 bits per heavy atom. The van der Waals surface area contributed by atoms with Gasteiger partial charge >= 0.3 is 5.97 Å². The number of amides is 1. The fourth-order valence-electron chi connectivity index (χ4n) is 1.91. The molecule has 0 aliphatic rings. The second-order valence-corrected chi connectivity index (χ2v) is 6.19. The summed E-state index contributed by atoms with van der Waals surface area (Å²) in [7, 11) is -4.07. The molecule has 8 heteroatoms. The average Bonchev–Trinajstić information content (AvgIpc) is 2.35. The van der Waals surface area contributed by atoms with Crippen LogP contribution in [0.3, 0.4) is 0 Å². The van der Waals surface area contributed by atoms with Crippen LogP contribution in [0.2, 0.25) is 0 Å². The molecule has 1 aromatic rings. The number of carboxylic acids is 1. The van der Waals surface area contributed by atoms with Gasteiger partial charge in [0.25, 0.3) is 5.91 Å². The van der Waals surface area contributed by atoms with Crippen LogP contribution in [0.4, 0.5) is 0 Å². The van der Waals surface area contributed by atoms with Gasteiger partial charge in [0.1, 0.15) is 6.54 Å². The fraction of sp³-hybridized carbons (Fsp3) is 0.385. The summed E-state index contributed by atoms with van der Waals surface area (Å²) >= 11 is 0. The summed E-state index contributed by atoms with van der Waals surface area (Å²) in [4.78, 5) is 24.1. The number of sulfonamides is 1. The molecule has 7 nitrogen and oxygen atoms in total. The summed E-state index contributed by atoms with van der Waals surface area (Å²) in [6.07, 6.45) is 0.551. The van der Waals surface area contributed by atoms with E-state index in [0.29, 0.717) is 12.0 Å². The molecule has 1 aromatic carbocycles. The molecule has 0 spiro atoms. The molecular formula is C13H18N2O5S. The lowest BCUT2D eigenvalue weighted by Gasteiger charge is -2.21. The van der Waals surface area contributed by atoms with Crippen molar-refractivity contribution in [2.45, 2.75) is 25.2 Å². The highest BCUT2D eigenvalue weighted by atomic mass is 32.2. The van der Waals surface area contributed by atoms with Crippen molar-refractivity contribution in [3.05, 3.63) is 29.3 Å². The number of carbonyl (C=O) groups excluding carboxylic acids is 1. The van der Waals surface area contributed by atoms with Gasteiger partial charge in [0.2, 0.25) is 10.0 Å². The highest BCUT2D eigenvalue weighted by Crippen LogP contribution is 2.18. The smallest absolute Gasteiger partial charge is 0.323 e. The van der Waals surface area contributed by atoms with Crippen molar-refractivity contribution in [1.82, 2.24) is 4.90 Å². The van der Waals surface area contributed by atoms with E-state index in [4.69, 9.17) is 10.2 Å². The van der Waals surface area contributed by atoms with Gasteiger partial charge in [-0.25, -0.2) is 13.6 Å². The lowest BCUT2D eigenvalue weighted by atomic mass is 10.1. The van der Waals surface area contributed by atoms with E-state index < -0.39 is 28.4 Å². The Labute approximate surface area is 123 Å². The SMILES string of the molecule is CCCN(CC(=O)O)C(=O)c1cc(C)ccc1S(N)(=O)=O. The van der Waals surface area contributed by atoms with Gasteiger partial charge in [0.15, 0.2) is 0 Å². The zero-order valence-corrected chi connectivity index (χ0v) is 12.7. The Hall–Kier alpha value is -1.93. The zero-order chi connectivity index (χ0) is 16.2. The van der Waals surface area contributed by atoms with Crippen molar-refractivity contribution < 1.29 is 23.1 Å². The molecule has 0 radical (unpaired) electrons. The van der Waals surface area contributed by atoms with E-state index >= 15 is 0 Å². The Morgan fingerprint density at radius 3 is 2.43 bits per heavy atom. The van der Waals surface area contributed by atoms with E-state index in [9.17, 15) is 18.0 Å². The molecule has 0 unspecified atom stereocenters. The molecule has 116 valence electrons. The topological polar surface area (TPSA) is 118 Å². The van der Waals surface area contributed by atoms with Crippen LogP contribution in [0.15, 0.2) is 23.1 Å². The van der Waals surface area contributed by atoms with Crippen molar-refractivity contribution in [2.75, 3.05) is 13.1 Å². The van der Waals surface area contributed by atoms with Gasteiger partial charge in [-0.15, -0.1) is 0 Å². The van der Waals surface area contributed by atoms with Gasteiger partial charge in [-0.3, -0.25) is 9.59 Å². The Kier molecular flexibility index (Phi) is 5.45. The lowest BCUT2D eigenvalue weighted by Crippen LogP contribution is -2.37. The van der Waals surface area contributed by atoms with Gasteiger partial charge in [-0.2, -0.15) is 0 Å². The normalized spacial score (nSPS) is 11.2. The third-order valence-corrected chi connectivity index (χ3v) is 3.75. The van der Waals surface area contributed by atoms with E-state index in [1.807, 2.05) is 0 Å². The first-order chi connectivity index (χ1) is 9.66. The Morgan fingerprint density at radius 1 is 1.33 bits per heavy atom. The first-order valence-electron chi connectivity index (χ1n) is 6.31. The van der Waals surface area contributed by atoms with Crippen LogP contribution in [0.5, 0.6) is 0 Å². The van der Waals surface area contributed by atoms with Crippen LogP contribution >= 0.6 is 0 Å². The number of hydrogen-bond donors (Lipinski definition) is 2. The van der Waals surface area contributed by atoms with Crippen molar-refractivity contribution in [1.29, 1.82) is 0 Å². The van der Waals surface area contributed by atoms with Gasteiger partial charge in [-0.1, -0.05) is 18.6 Å². The van der Waals surface area contributed by atoms with E-state index in [0.717, 1.165) is 4.90 Å². The zero-order valence-electron chi connectivity index (χ0n) is 11.9. The van der Waals surface area contributed by atoms with Crippen molar-refractivity contribution >= 4 is 21.9 Å². The van der Waals surface area contributed by atoms with Crippen molar-refractivity contribution in [2.24, 2.45) is 5.14 Å². The molecule has 0 aromatic heterocycles.